The SMILES string of the molecule is O=C(O)CCCCNC(=O)N1CCCc2ccccc2C1. The van der Waals surface area contributed by atoms with Gasteiger partial charge in [0.1, 0.15) is 0 Å². The van der Waals surface area contributed by atoms with Gasteiger partial charge in [0.15, 0.2) is 0 Å². The Morgan fingerprint density at radius 2 is 1.95 bits per heavy atom. The van der Waals surface area contributed by atoms with E-state index in [1.807, 2.05) is 17.0 Å². The normalized spacial score (nSPS) is 14.2. The smallest absolute Gasteiger partial charge is 0.317 e. The van der Waals surface area contributed by atoms with Gasteiger partial charge in [-0.3, -0.25) is 4.79 Å². The zero-order valence-electron chi connectivity index (χ0n) is 12.2. The molecule has 0 aromatic heterocycles. The molecule has 1 heterocycles. The van der Waals surface area contributed by atoms with Gasteiger partial charge >= 0.3 is 12.0 Å². The van der Waals surface area contributed by atoms with E-state index >= 15 is 0 Å². The van der Waals surface area contributed by atoms with Crippen LogP contribution in [0.4, 0.5) is 4.79 Å². The van der Waals surface area contributed by atoms with Gasteiger partial charge < -0.3 is 15.3 Å². The van der Waals surface area contributed by atoms with Gasteiger partial charge in [0, 0.05) is 26.1 Å². The summed E-state index contributed by atoms with van der Waals surface area (Å²) in [6.45, 7) is 1.94. The fourth-order valence-corrected chi connectivity index (χ4v) is 2.58. The van der Waals surface area contributed by atoms with Crippen molar-refractivity contribution in [3.63, 3.8) is 0 Å². The number of carbonyl (C=O) groups excluding carboxylic acids is 1. The third-order valence-electron chi connectivity index (χ3n) is 3.73. The number of nitrogens with one attached hydrogen (secondary N) is 1. The van der Waals surface area contributed by atoms with Gasteiger partial charge in [0.2, 0.25) is 0 Å². The number of urea groups is 1. The van der Waals surface area contributed by atoms with E-state index in [0.717, 1.165) is 19.4 Å². The maximum Gasteiger partial charge on any atom is 0.317 e. The Hall–Kier alpha value is -2.04. The Morgan fingerprint density at radius 1 is 1.19 bits per heavy atom. The summed E-state index contributed by atoms with van der Waals surface area (Å²) in [5.74, 6) is -0.787. The molecule has 0 saturated carbocycles. The summed E-state index contributed by atoms with van der Waals surface area (Å²) in [5.41, 5.74) is 2.55. The molecule has 1 aliphatic rings. The maximum absolute atomic E-state index is 12.2. The first-order chi connectivity index (χ1) is 10.2. The molecule has 0 saturated heterocycles. The van der Waals surface area contributed by atoms with E-state index in [4.69, 9.17) is 5.11 Å². The number of carboxylic acid groups (broad SMARTS) is 1. The van der Waals surface area contributed by atoms with Gasteiger partial charge in [-0.25, -0.2) is 4.79 Å². The molecule has 0 unspecified atom stereocenters. The number of rotatable bonds is 5. The van der Waals surface area contributed by atoms with Crippen LogP contribution in [0.1, 0.15) is 36.8 Å². The van der Waals surface area contributed by atoms with Crippen LogP contribution < -0.4 is 5.32 Å². The summed E-state index contributed by atoms with van der Waals surface area (Å²) < 4.78 is 0. The van der Waals surface area contributed by atoms with Crippen LogP contribution in [0.3, 0.4) is 0 Å². The minimum atomic E-state index is -0.787. The number of carbonyl (C=O) groups is 2. The highest BCUT2D eigenvalue weighted by Gasteiger charge is 2.18. The van der Waals surface area contributed by atoms with Crippen molar-refractivity contribution in [2.45, 2.75) is 38.6 Å². The van der Waals surface area contributed by atoms with Crippen LogP contribution in [0.15, 0.2) is 24.3 Å². The lowest BCUT2D eigenvalue weighted by Crippen LogP contribution is -2.40. The first-order valence-electron chi connectivity index (χ1n) is 7.48. The number of hydrogen-bond donors (Lipinski definition) is 2. The van der Waals surface area contributed by atoms with Crippen molar-refractivity contribution in [3.8, 4) is 0 Å². The third-order valence-corrected chi connectivity index (χ3v) is 3.73. The van der Waals surface area contributed by atoms with Crippen molar-refractivity contribution in [1.29, 1.82) is 0 Å². The molecule has 21 heavy (non-hydrogen) atoms. The zero-order chi connectivity index (χ0) is 15.1. The van der Waals surface area contributed by atoms with E-state index in [2.05, 4.69) is 17.4 Å². The molecule has 0 aliphatic carbocycles. The average molecular weight is 290 g/mol. The topological polar surface area (TPSA) is 69.6 Å². The summed E-state index contributed by atoms with van der Waals surface area (Å²) in [6.07, 6.45) is 3.44. The number of fused-ring (bicyclic) bond motifs is 1. The number of hydrogen-bond acceptors (Lipinski definition) is 2. The molecular weight excluding hydrogens is 268 g/mol. The average Bonchev–Trinajstić information content (AvgIpc) is 2.68. The van der Waals surface area contributed by atoms with Crippen molar-refractivity contribution in [1.82, 2.24) is 10.2 Å². The number of aryl methyl sites for hydroxylation is 1. The van der Waals surface area contributed by atoms with Crippen LogP contribution in [0.5, 0.6) is 0 Å². The summed E-state index contributed by atoms with van der Waals surface area (Å²) in [6, 6.07) is 8.20. The molecule has 0 bridgehead atoms. The van der Waals surface area contributed by atoms with Crippen LogP contribution in [0, 0.1) is 0 Å². The summed E-state index contributed by atoms with van der Waals surface area (Å²) in [7, 11) is 0. The first-order valence-corrected chi connectivity index (χ1v) is 7.48. The monoisotopic (exact) mass is 290 g/mol. The molecule has 5 heteroatoms. The Labute approximate surface area is 125 Å². The molecule has 114 valence electrons. The predicted octanol–water partition coefficient (Wildman–Crippen LogP) is 2.40. The highest BCUT2D eigenvalue weighted by Crippen LogP contribution is 2.18. The van der Waals surface area contributed by atoms with E-state index in [9.17, 15) is 9.59 Å². The van der Waals surface area contributed by atoms with Crippen LogP contribution >= 0.6 is 0 Å². The molecule has 0 atom stereocenters. The fourth-order valence-electron chi connectivity index (χ4n) is 2.58. The Kier molecular flexibility index (Phi) is 5.60. The number of aliphatic carboxylic acids is 1. The Balaban J connectivity index is 1.79. The van der Waals surface area contributed by atoms with Crippen molar-refractivity contribution >= 4 is 12.0 Å². The van der Waals surface area contributed by atoms with E-state index < -0.39 is 5.97 Å². The Morgan fingerprint density at radius 3 is 2.71 bits per heavy atom. The van der Waals surface area contributed by atoms with E-state index in [0.29, 0.717) is 25.9 Å². The van der Waals surface area contributed by atoms with Gasteiger partial charge in [0.25, 0.3) is 0 Å². The molecule has 2 amide bonds. The van der Waals surface area contributed by atoms with Crippen molar-refractivity contribution in [2.24, 2.45) is 0 Å². The predicted molar refractivity (Wildman–Crippen MR) is 80.1 cm³/mol. The molecule has 1 aromatic rings. The lowest BCUT2D eigenvalue weighted by molar-refractivity contribution is -0.137. The second kappa shape index (κ2) is 7.67. The lowest BCUT2D eigenvalue weighted by atomic mass is 10.0. The number of amides is 2. The summed E-state index contributed by atoms with van der Waals surface area (Å²) in [5, 5.41) is 11.4. The first kappa shape index (κ1) is 15.4. The lowest BCUT2D eigenvalue weighted by Gasteiger charge is -2.21. The quantitative estimate of drug-likeness (QED) is 0.818. The van der Waals surface area contributed by atoms with E-state index in [1.165, 1.54) is 11.1 Å². The van der Waals surface area contributed by atoms with E-state index in [1.54, 1.807) is 0 Å². The van der Waals surface area contributed by atoms with Crippen LogP contribution in [-0.4, -0.2) is 35.1 Å². The zero-order valence-corrected chi connectivity index (χ0v) is 12.2. The fraction of sp³-hybridized carbons (Fsp3) is 0.500. The van der Waals surface area contributed by atoms with Crippen LogP contribution in [0.25, 0.3) is 0 Å². The van der Waals surface area contributed by atoms with Gasteiger partial charge in [-0.2, -0.15) is 0 Å². The highest BCUT2D eigenvalue weighted by molar-refractivity contribution is 5.74. The summed E-state index contributed by atoms with van der Waals surface area (Å²) >= 11 is 0. The van der Waals surface area contributed by atoms with Gasteiger partial charge in [-0.1, -0.05) is 24.3 Å². The van der Waals surface area contributed by atoms with Crippen molar-refractivity contribution in [3.05, 3.63) is 35.4 Å². The standard InChI is InChI=1S/C16H22N2O3/c19-15(20)9-3-4-10-17-16(21)18-11-5-8-13-6-1-2-7-14(13)12-18/h1-2,6-7H,3-5,8-12H2,(H,17,21)(H,19,20). The minimum Gasteiger partial charge on any atom is -0.481 e. The molecular formula is C16H22N2O3. The van der Waals surface area contributed by atoms with Crippen molar-refractivity contribution < 1.29 is 14.7 Å². The number of carboxylic acids is 1. The third kappa shape index (κ3) is 4.77. The second-order valence-electron chi connectivity index (χ2n) is 5.38. The van der Waals surface area contributed by atoms with Crippen LogP contribution in [-0.2, 0) is 17.8 Å². The van der Waals surface area contributed by atoms with Gasteiger partial charge in [-0.05, 0) is 36.8 Å². The molecule has 0 spiro atoms. The molecule has 1 aliphatic heterocycles. The molecule has 5 nitrogen and oxygen atoms in total. The number of unbranched alkanes of at least 4 members (excludes halogenated alkanes) is 1. The highest BCUT2D eigenvalue weighted by atomic mass is 16.4. The molecule has 1 aromatic carbocycles. The van der Waals surface area contributed by atoms with Gasteiger partial charge in [-0.15, -0.1) is 0 Å². The molecule has 0 radical (unpaired) electrons. The van der Waals surface area contributed by atoms with Crippen molar-refractivity contribution in [2.75, 3.05) is 13.1 Å². The molecule has 2 N–H and O–H groups in total. The van der Waals surface area contributed by atoms with Gasteiger partial charge in [0.05, 0.1) is 0 Å². The number of nitrogens with zero attached hydrogens (tertiary/aromatic N) is 1. The Bertz CT molecular complexity index is 502. The summed E-state index contributed by atoms with van der Waals surface area (Å²) in [4.78, 5) is 24.4. The molecule has 2 rings (SSSR count). The minimum absolute atomic E-state index is 0.0537. The van der Waals surface area contributed by atoms with Crippen LogP contribution in [0.2, 0.25) is 0 Å². The largest absolute Gasteiger partial charge is 0.481 e. The second-order valence-corrected chi connectivity index (χ2v) is 5.38. The number of benzene rings is 1. The molecule has 0 fully saturated rings. The van der Waals surface area contributed by atoms with E-state index in [-0.39, 0.29) is 12.5 Å². The maximum atomic E-state index is 12.2.